The number of hydrogen-bond donors (Lipinski definition) is 4. The standard InChI is InChI=1S/C20H20ClN3O3/c1-10-16(19(26)22-7-8-25)12-3-2-4-13(18(12)23-10)17-14-9-11(21)5-6-15(14)24-20(17)27/h5-6,9,23,25H,2-4,7-8H2,1H3,(H,22,26)(H,24,27)/b17-13-. The van der Waals surface area contributed by atoms with Gasteiger partial charge in [0.05, 0.1) is 17.7 Å². The summed E-state index contributed by atoms with van der Waals surface area (Å²) in [5.74, 6) is -0.349. The van der Waals surface area contributed by atoms with Crippen molar-refractivity contribution >= 4 is 40.2 Å². The van der Waals surface area contributed by atoms with E-state index in [0.717, 1.165) is 53.0 Å². The van der Waals surface area contributed by atoms with Crippen molar-refractivity contribution in [2.45, 2.75) is 26.2 Å². The number of fused-ring (bicyclic) bond motifs is 2. The number of halogens is 1. The molecule has 1 aromatic carbocycles. The molecule has 0 fully saturated rings. The second-order valence-corrected chi connectivity index (χ2v) is 7.25. The average molecular weight is 386 g/mol. The van der Waals surface area contributed by atoms with Crippen LogP contribution in [0.3, 0.4) is 0 Å². The van der Waals surface area contributed by atoms with E-state index in [-0.39, 0.29) is 25.0 Å². The Morgan fingerprint density at radius 3 is 2.93 bits per heavy atom. The smallest absolute Gasteiger partial charge is 0.256 e. The first-order valence-electron chi connectivity index (χ1n) is 8.96. The van der Waals surface area contributed by atoms with Gasteiger partial charge in [-0.25, -0.2) is 0 Å². The number of aryl methyl sites for hydroxylation is 1. The zero-order chi connectivity index (χ0) is 19.1. The molecule has 0 atom stereocenters. The predicted molar refractivity (Wildman–Crippen MR) is 105 cm³/mol. The SMILES string of the molecule is Cc1[nH]c2c(c1C(=O)NCCO)CCC/C2=C1/C(=O)Nc2ccc(Cl)cc21. The number of hydrogen-bond acceptors (Lipinski definition) is 3. The molecule has 1 aromatic heterocycles. The molecule has 0 radical (unpaired) electrons. The Morgan fingerprint density at radius 2 is 2.15 bits per heavy atom. The van der Waals surface area contributed by atoms with Crippen molar-refractivity contribution in [1.82, 2.24) is 10.3 Å². The highest BCUT2D eigenvalue weighted by Crippen LogP contribution is 2.43. The van der Waals surface area contributed by atoms with Gasteiger partial charge in [-0.1, -0.05) is 11.6 Å². The lowest BCUT2D eigenvalue weighted by Gasteiger charge is -2.18. The summed E-state index contributed by atoms with van der Waals surface area (Å²) in [5, 5.41) is 15.2. The van der Waals surface area contributed by atoms with Crippen LogP contribution in [0.25, 0.3) is 11.1 Å². The van der Waals surface area contributed by atoms with Gasteiger partial charge in [0.1, 0.15) is 0 Å². The molecular weight excluding hydrogens is 366 g/mol. The normalized spacial score (nSPS) is 18.1. The van der Waals surface area contributed by atoms with Gasteiger partial charge in [-0.3, -0.25) is 9.59 Å². The molecule has 140 valence electrons. The Kier molecular flexibility index (Phi) is 4.53. The van der Waals surface area contributed by atoms with Crippen LogP contribution < -0.4 is 10.6 Å². The second kappa shape index (κ2) is 6.87. The van der Waals surface area contributed by atoms with Crippen molar-refractivity contribution in [3.05, 3.63) is 51.3 Å². The molecule has 27 heavy (non-hydrogen) atoms. The monoisotopic (exact) mass is 385 g/mol. The first kappa shape index (κ1) is 17.8. The van der Waals surface area contributed by atoms with E-state index in [0.29, 0.717) is 16.2 Å². The van der Waals surface area contributed by atoms with E-state index in [4.69, 9.17) is 16.7 Å². The minimum absolute atomic E-state index is 0.107. The third-order valence-electron chi connectivity index (χ3n) is 5.10. The summed E-state index contributed by atoms with van der Waals surface area (Å²) >= 11 is 6.15. The van der Waals surface area contributed by atoms with E-state index >= 15 is 0 Å². The third kappa shape index (κ3) is 2.95. The van der Waals surface area contributed by atoms with Crippen LogP contribution in [0.2, 0.25) is 5.02 Å². The number of aliphatic hydroxyl groups is 1. The number of aromatic nitrogens is 1. The first-order chi connectivity index (χ1) is 13.0. The highest BCUT2D eigenvalue weighted by molar-refractivity contribution is 6.38. The molecule has 1 aliphatic carbocycles. The second-order valence-electron chi connectivity index (χ2n) is 6.81. The Bertz CT molecular complexity index is 991. The van der Waals surface area contributed by atoms with Crippen LogP contribution in [0.4, 0.5) is 5.69 Å². The van der Waals surface area contributed by atoms with Gasteiger partial charge >= 0.3 is 0 Å². The quantitative estimate of drug-likeness (QED) is 0.612. The Morgan fingerprint density at radius 1 is 1.33 bits per heavy atom. The summed E-state index contributed by atoms with van der Waals surface area (Å²) in [6.07, 6.45) is 2.37. The predicted octanol–water partition coefficient (Wildman–Crippen LogP) is 2.90. The van der Waals surface area contributed by atoms with E-state index in [1.54, 1.807) is 18.2 Å². The Balaban J connectivity index is 1.86. The maximum atomic E-state index is 12.7. The van der Waals surface area contributed by atoms with E-state index in [1.165, 1.54) is 0 Å². The largest absolute Gasteiger partial charge is 0.395 e. The molecule has 2 aliphatic rings. The fourth-order valence-electron chi connectivity index (χ4n) is 4.01. The van der Waals surface area contributed by atoms with Gasteiger partial charge in [0.2, 0.25) is 0 Å². The number of carbonyl (C=O) groups is 2. The minimum atomic E-state index is -0.204. The van der Waals surface area contributed by atoms with Crippen molar-refractivity contribution < 1.29 is 14.7 Å². The molecule has 0 bridgehead atoms. The number of rotatable bonds is 3. The molecule has 4 rings (SSSR count). The molecular formula is C20H20ClN3O3. The first-order valence-corrected chi connectivity index (χ1v) is 9.34. The number of aromatic amines is 1. The molecule has 6 nitrogen and oxygen atoms in total. The highest BCUT2D eigenvalue weighted by Gasteiger charge is 2.33. The number of allylic oxidation sites excluding steroid dienone is 1. The number of amides is 2. The number of H-pyrrole nitrogens is 1. The summed E-state index contributed by atoms with van der Waals surface area (Å²) in [5.41, 5.74) is 6.25. The summed E-state index contributed by atoms with van der Waals surface area (Å²) in [7, 11) is 0. The number of benzene rings is 1. The number of nitrogens with one attached hydrogen (secondary N) is 3. The maximum Gasteiger partial charge on any atom is 0.256 e. The van der Waals surface area contributed by atoms with E-state index in [2.05, 4.69) is 15.6 Å². The Hall–Kier alpha value is -2.57. The van der Waals surface area contributed by atoms with Gasteiger partial charge in [0.15, 0.2) is 0 Å². The lowest BCUT2D eigenvalue weighted by atomic mass is 9.86. The maximum absolute atomic E-state index is 12.7. The van der Waals surface area contributed by atoms with Gasteiger partial charge in [-0.05, 0) is 55.5 Å². The van der Waals surface area contributed by atoms with Gasteiger partial charge in [0.25, 0.3) is 11.8 Å². The van der Waals surface area contributed by atoms with Gasteiger partial charge < -0.3 is 20.7 Å². The van der Waals surface area contributed by atoms with Crippen LogP contribution in [0.15, 0.2) is 18.2 Å². The number of aliphatic hydroxyl groups excluding tert-OH is 1. The van der Waals surface area contributed by atoms with Gasteiger partial charge in [-0.15, -0.1) is 0 Å². The molecule has 1 aliphatic heterocycles. The van der Waals surface area contributed by atoms with Crippen molar-refractivity contribution in [2.24, 2.45) is 0 Å². The van der Waals surface area contributed by atoms with E-state index in [1.807, 2.05) is 6.92 Å². The topological polar surface area (TPSA) is 94.2 Å². The van der Waals surface area contributed by atoms with Crippen molar-refractivity contribution in [3.63, 3.8) is 0 Å². The lowest BCUT2D eigenvalue weighted by Crippen LogP contribution is -2.27. The molecule has 2 aromatic rings. The number of carbonyl (C=O) groups excluding carboxylic acids is 2. The minimum Gasteiger partial charge on any atom is -0.395 e. The van der Waals surface area contributed by atoms with Crippen LogP contribution in [0, 0.1) is 6.92 Å². The zero-order valence-electron chi connectivity index (χ0n) is 14.9. The van der Waals surface area contributed by atoms with E-state index in [9.17, 15) is 9.59 Å². The fraction of sp³-hybridized carbons (Fsp3) is 0.300. The van der Waals surface area contributed by atoms with E-state index < -0.39 is 0 Å². The van der Waals surface area contributed by atoms with Crippen molar-refractivity contribution in [1.29, 1.82) is 0 Å². The van der Waals surface area contributed by atoms with Crippen LogP contribution in [-0.4, -0.2) is 35.1 Å². The van der Waals surface area contributed by atoms with Crippen molar-refractivity contribution in [2.75, 3.05) is 18.5 Å². The molecule has 0 spiro atoms. The zero-order valence-corrected chi connectivity index (χ0v) is 15.7. The van der Waals surface area contributed by atoms with Gasteiger partial charge in [-0.2, -0.15) is 0 Å². The summed E-state index contributed by atoms with van der Waals surface area (Å²) in [6.45, 7) is 1.96. The number of anilines is 1. The fourth-order valence-corrected chi connectivity index (χ4v) is 4.18. The molecule has 7 heteroatoms. The van der Waals surface area contributed by atoms with Crippen molar-refractivity contribution in [3.8, 4) is 0 Å². The highest BCUT2D eigenvalue weighted by atomic mass is 35.5. The molecule has 0 saturated heterocycles. The molecule has 4 N–H and O–H groups in total. The summed E-state index contributed by atoms with van der Waals surface area (Å²) in [6, 6.07) is 5.36. The molecule has 0 unspecified atom stereocenters. The molecule has 2 amide bonds. The lowest BCUT2D eigenvalue weighted by molar-refractivity contribution is -0.110. The Labute approximate surface area is 161 Å². The average Bonchev–Trinajstić information content (AvgIpc) is 3.14. The van der Waals surface area contributed by atoms with Crippen LogP contribution in [-0.2, 0) is 11.2 Å². The molecule has 2 heterocycles. The summed E-state index contributed by atoms with van der Waals surface area (Å²) < 4.78 is 0. The van der Waals surface area contributed by atoms with Gasteiger partial charge in [0, 0.05) is 34.2 Å². The van der Waals surface area contributed by atoms with Crippen LogP contribution >= 0.6 is 11.6 Å². The third-order valence-corrected chi connectivity index (χ3v) is 5.33. The summed E-state index contributed by atoms with van der Waals surface area (Å²) in [4.78, 5) is 28.5. The molecule has 0 saturated carbocycles. The van der Waals surface area contributed by atoms with Crippen LogP contribution in [0.5, 0.6) is 0 Å². The van der Waals surface area contributed by atoms with Crippen LogP contribution in [0.1, 0.15) is 45.7 Å².